The molecule has 0 saturated carbocycles. The molecule has 2 unspecified atom stereocenters. The van der Waals surface area contributed by atoms with E-state index in [0.717, 1.165) is 13.0 Å². The Hall–Kier alpha value is -0.370. The number of benzene rings is 1. The van der Waals surface area contributed by atoms with Crippen molar-refractivity contribution in [2.45, 2.75) is 24.1 Å². The number of piperazine rings is 1. The SMILES string of the molecule is CCC1(Br)NNC2CN(C(=O)c3ccc(Cl)cc3Cl)CCN21. The van der Waals surface area contributed by atoms with Crippen molar-refractivity contribution in [3.63, 3.8) is 0 Å². The standard InChI is InChI=1S/C14H17BrCl2N4O/c1-2-14(15)19-18-12-8-20(5-6-21(12)14)13(22)10-4-3-9(16)7-11(10)17/h3-4,7,12,18-19H,2,5-6,8H2,1H3. The van der Waals surface area contributed by atoms with Crippen LogP contribution in [0.3, 0.4) is 0 Å². The van der Waals surface area contributed by atoms with E-state index >= 15 is 0 Å². The van der Waals surface area contributed by atoms with Crippen molar-refractivity contribution >= 4 is 45.0 Å². The fourth-order valence-electron chi connectivity index (χ4n) is 2.91. The maximum absolute atomic E-state index is 12.7. The van der Waals surface area contributed by atoms with Gasteiger partial charge in [-0.2, -0.15) is 0 Å². The zero-order chi connectivity index (χ0) is 15.9. The van der Waals surface area contributed by atoms with E-state index in [1.165, 1.54) is 0 Å². The van der Waals surface area contributed by atoms with Crippen LogP contribution in [-0.2, 0) is 0 Å². The molecule has 8 heteroatoms. The average Bonchev–Trinajstić information content (AvgIpc) is 2.84. The van der Waals surface area contributed by atoms with Crippen LogP contribution < -0.4 is 10.9 Å². The Morgan fingerprint density at radius 1 is 1.45 bits per heavy atom. The molecule has 2 fully saturated rings. The van der Waals surface area contributed by atoms with E-state index in [4.69, 9.17) is 23.2 Å². The van der Waals surface area contributed by atoms with Crippen LogP contribution in [-0.4, -0.2) is 46.1 Å². The number of nitrogens with one attached hydrogen (secondary N) is 2. The minimum atomic E-state index is -0.245. The van der Waals surface area contributed by atoms with Crippen LogP contribution in [0.15, 0.2) is 18.2 Å². The summed E-state index contributed by atoms with van der Waals surface area (Å²) < 4.78 is -0.245. The van der Waals surface area contributed by atoms with Crippen LogP contribution in [0.1, 0.15) is 23.7 Å². The summed E-state index contributed by atoms with van der Waals surface area (Å²) in [6.07, 6.45) is 0.982. The third-order valence-corrected chi connectivity index (χ3v) is 5.95. The summed E-state index contributed by atoms with van der Waals surface area (Å²) in [7, 11) is 0. The van der Waals surface area contributed by atoms with Gasteiger partial charge < -0.3 is 4.90 Å². The van der Waals surface area contributed by atoms with Crippen LogP contribution in [0.5, 0.6) is 0 Å². The maximum atomic E-state index is 12.7. The number of halogens is 3. The lowest BCUT2D eigenvalue weighted by molar-refractivity contribution is 0.0432. The molecule has 2 heterocycles. The highest BCUT2D eigenvalue weighted by molar-refractivity contribution is 9.10. The summed E-state index contributed by atoms with van der Waals surface area (Å²) in [5.41, 5.74) is 6.99. The number of carbonyl (C=O) groups excluding carboxylic acids is 1. The lowest BCUT2D eigenvalue weighted by Gasteiger charge is -2.41. The Kier molecular flexibility index (Phi) is 4.69. The highest BCUT2D eigenvalue weighted by Crippen LogP contribution is 2.32. The van der Waals surface area contributed by atoms with Gasteiger partial charge in [-0.05, 0) is 40.5 Å². The lowest BCUT2D eigenvalue weighted by atomic mass is 10.1. The Bertz CT molecular complexity index is 602. The summed E-state index contributed by atoms with van der Waals surface area (Å²) in [5, 5.41) is 0.917. The van der Waals surface area contributed by atoms with Gasteiger partial charge in [-0.3, -0.25) is 9.69 Å². The van der Waals surface area contributed by atoms with Gasteiger partial charge in [0.25, 0.3) is 5.91 Å². The highest BCUT2D eigenvalue weighted by Gasteiger charge is 2.46. The maximum Gasteiger partial charge on any atom is 0.255 e. The second-order valence-electron chi connectivity index (χ2n) is 5.47. The predicted molar refractivity (Wildman–Crippen MR) is 91.1 cm³/mol. The Balaban J connectivity index is 1.74. The molecule has 2 aliphatic heterocycles. The molecule has 5 nitrogen and oxygen atoms in total. The molecule has 2 saturated heterocycles. The summed E-state index contributed by atoms with van der Waals surface area (Å²) in [4.78, 5) is 16.8. The van der Waals surface area contributed by atoms with Gasteiger partial charge in [0.1, 0.15) is 4.57 Å². The molecule has 2 N–H and O–H groups in total. The number of carbonyl (C=O) groups is 1. The highest BCUT2D eigenvalue weighted by atomic mass is 79.9. The van der Waals surface area contributed by atoms with Gasteiger partial charge in [-0.25, -0.2) is 10.9 Å². The molecule has 2 atom stereocenters. The normalized spacial score (nSPS) is 28.7. The monoisotopic (exact) mass is 406 g/mol. The van der Waals surface area contributed by atoms with Gasteiger partial charge in [0, 0.05) is 18.1 Å². The molecule has 120 valence electrons. The van der Waals surface area contributed by atoms with Crippen molar-refractivity contribution < 1.29 is 4.79 Å². The van der Waals surface area contributed by atoms with Crippen molar-refractivity contribution in [1.82, 2.24) is 20.7 Å². The number of hydrogen-bond donors (Lipinski definition) is 2. The van der Waals surface area contributed by atoms with E-state index in [1.807, 2.05) is 4.90 Å². The first-order chi connectivity index (χ1) is 10.4. The van der Waals surface area contributed by atoms with Gasteiger partial charge >= 0.3 is 0 Å². The fraction of sp³-hybridized carbons (Fsp3) is 0.500. The Morgan fingerprint density at radius 2 is 2.23 bits per heavy atom. The molecule has 2 aliphatic rings. The molecule has 0 bridgehead atoms. The van der Waals surface area contributed by atoms with E-state index < -0.39 is 0 Å². The van der Waals surface area contributed by atoms with E-state index in [0.29, 0.717) is 28.7 Å². The summed E-state index contributed by atoms with van der Waals surface area (Å²) in [5.74, 6) is -0.0633. The Labute approximate surface area is 148 Å². The van der Waals surface area contributed by atoms with Gasteiger partial charge in [0.05, 0.1) is 23.3 Å². The van der Waals surface area contributed by atoms with Crippen molar-refractivity contribution in [3.05, 3.63) is 33.8 Å². The summed E-state index contributed by atoms with van der Waals surface area (Å²) >= 11 is 15.8. The smallest absolute Gasteiger partial charge is 0.255 e. The van der Waals surface area contributed by atoms with Crippen LogP contribution in [0.2, 0.25) is 10.0 Å². The molecular weight excluding hydrogens is 391 g/mol. The molecule has 22 heavy (non-hydrogen) atoms. The molecule has 0 spiro atoms. The van der Waals surface area contributed by atoms with Crippen molar-refractivity contribution in [1.29, 1.82) is 0 Å². The number of rotatable bonds is 2. The van der Waals surface area contributed by atoms with Crippen LogP contribution >= 0.6 is 39.1 Å². The number of alkyl halides is 1. The van der Waals surface area contributed by atoms with Gasteiger partial charge in [0.2, 0.25) is 0 Å². The average molecular weight is 408 g/mol. The van der Waals surface area contributed by atoms with Gasteiger partial charge in [-0.15, -0.1) is 0 Å². The molecule has 1 aromatic carbocycles. The van der Waals surface area contributed by atoms with Gasteiger partial charge in [-0.1, -0.05) is 30.1 Å². The van der Waals surface area contributed by atoms with Crippen LogP contribution in [0.25, 0.3) is 0 Å². The minimum Gasteiger partial charge on any atom is -0.334 e. The molecule has 0 aromatic heterocycles. The number of hydrogen-bond acceptors (Lipinski definition) is 4. The first kappa shape index (κ1) is 16.5. The van der Waals surface area contributed by atoms with Crippen molar-refractivity contribution in [3.8, 4) is 0 Å². The number of fused-ring (bicyclic) bond motifs is 1. The van der Waals surface area contributed by atoms with E-state index in [-0.39, 0.29) is 16.6 Å². The van der Waals surface area contributed by atoms with Crippen LogP contribution in [0, 0.1) is 0 Å². The molecule has 1 amide bonds. The van der Waals surface area contributed by atoms with Crippen molar-refractivity contribution in [2.24, 2.45) is 0 Å². The van der Waals surface area contributed by atoms with Gasteiger partial charge in [0.15, 0.2) is 0 Å². The second kappa shape index (κ2) is 6.26. The van der Waals surface area contributed by atoms with Crippen LogP contribution in [0.4, 0.5) is 0 Å². The molecular formula is C14H17BrCl2N4O. The fourth-order valence-corrected chi connectivity index (χ4v) is 3.93. The quantitative estimate of drug-likeness (QED) is 0.584. The van der Waals surface area contributed by atoms with E-state index in [1.54, 1.807) is 18.2 Å². The molecule has 1 aromatic rings. The summed E-state index contributed by atoms with van der Waals surface area (Å²) in [6.45, 7) is 4.14. The van der Waals surface area contributed by atoms with Crippen molar-refractivity contribution in [2.75, 3.05) is 19.6 Å². The predicted octanol–water partition coefficient (Wildman–Crippen LogP) is 2.64. The summed E-state index contributed by atoms with van der Waals surface area (Å²) in [6, 6.07) is 4.97. The molecule has 0 radical (unpaired) electrons. The third-order valence-electron chi connectivity index (χ3n) is 4.18. The number of hydrazine groups is 1. The molecule has 0 aliphatic carbocycles. The second-order valence-corrected chi connectivity index (χ2v) is 7.62. The first-order valence-electron chi connectivity index (χ1n) is 7.17. The topological polar surface area (TPSA) is 47.6 Å². The Morgan fingerprint density at radius 3 is 2.91 bits per heavy atom. The zero-order valence-electron chi connectivity index (χ0n) is 12.1. The van der Waals surface area contributed by atoms with E-state index in [2.05, 4.69) is 38.6 Å². The van der Waals surface area contributed by atoms with E-state index in [9.17, 15) is 4.79 Å². The number of amides is 1. The number of nitrogens with zero attached hydrogens (tertiary/aromatic N) is 2. The third kappa shape index (κ3) is 2.88. The largest absolute Gasteiger partial charge is 0.334 e. The zero-order valence-corrected chi connectivity index (χ0v) is 15.2. The lowest BCUT2D eigenvalue weighted by Crippen LogP contribution is -2.58. The first-order valence-corrected chi connectivity index (χ1v) is 8.72. The molecule has 3 rings (SSSR count). The minimum absolute atomic E-state index is 0.0633.